The summed E-state index contributed by atoms with van der Waals surface area (Å²) in [7, 11) is 0. The molecule has 0 aromatic rings. The molecule has 2 nitrogen and oxygen atoms in total. The van der Waals surface area contributed by atoms with Crippen molar-refractivity contribution in [1.82, 2.24) is 5.32 Å². The average molecular weight is 208 g/mol. The van der Waals surface area contributed by atoms with Gasteiger partial charge in [-0.15, -0.1) is 0 Å². The van der Waals surface area contributed by atoms with Crippen molar-refractivity contribution in [1.29, 1.82) is 0 Å². The molecule has 0 aromatic carbocycles. The summed E-state index contributed by atoms with van der Waals surface area (Å²) in [5.41, 5.74) is 5.56. The zero-order chi connectivity index (χ0) is 10.4. The smallest absolute Gasteiger partial charge is 0.00508 e. The normalized spacial score (nSPS) is 48.0. The number of hydrogen-bond acceptors (Lipinski definition) is 2. The van der Waals surface area contributed by atoms with Gasteiger partial charge in [-0.1, -0.05) is 0 Å². The van der Waals surface area contributed by atoms with Crippen molar-refractivity contribution >= 4 is 0 Å². The fourth-order valence-electron chi connectivity index (χ4n) is 4.47. The van der Waals surface area contributed by atoms with Gasteiger partial charge in [-0.2, -0.15) is 0 Å². The van der Waals surface area contributed by atoms with Gasteiger partial charge < -0.3 is 11.1 Å². The van der Waals surface area contributed by atoms with Crippen molar-refractivity contribution in [3.63, 3.8) is 0 Å². The molecule has 3 aliphatic rings. The molecule has 15 heavy (non-hydrogen) atoms. The molecule has 3 saturated carbocycles. The van der Waals surface area contributed by atoms with E-state index in [0.29, 0.717) is 6.04 Å². The Bertz CT molecular complexity index is 225. The van der Waals surface area contributed by atoms with Gasteiger partial charge in [0.2, 0.25) is 0 Å². The van der Waals surface area contributed by atoms with Crippen LogP contribution in [0.4, 0.5) is 0 Å². The quantitative estimate of drug-likeness (QED) is 0.720. The van der Waals surface area contributed by atoms with Crippen LogP contribution in [0.3, 0.4) is 0 Å². The molecule has 5 unspecified atom stereocenters. The summed E-state index contributed by atoms with van der Waals surface area (Å²) in [5.74, 6) is 5.53. The summed E-state index contributed by atoms with van der Waals surface area (Å²) < 4.78 is 0. The molecular weight excluding hydrogens is 184 g/mol. The molecule has 0 amide bonds. The minimum Gasteiger partial charge on any atom is -0.330 e. The predicted molar refractivity (Wildman–Crippen MR) is 62.4 cm³/mol. The Morgan fingerprint density at radius 2 is 1.93 bits per heavy atom. The minimum atomic E-state index is 0.619. The van der Waals surface area contributed by atoms with E-state index in [1.807, 2.05) is 0 Å². The first kappa shape index (κ1) is 10.1. The summed E-state index contributed by atoms with van der Waals surface area (Å²) in [6, 6.07) is 0.619. The maximum atomic E-state index is 5.56. The lowest BCUT2D eigenvalue weighted by molar-refractivity contribution is 0.417. The van der Waals surface area contributed by atoms with Crippen molar-refractivity contribution in [3.05, 3.63) is 0 Å². The lowest BCUT2D eigenvalue weighted by Crippen LogP contribution is -2.31. The van der Waals surface area contributed by atoms with Crippen LogP contribution in [-0.2, 0) is 0 Å². The van der Waals surface area contributed by atoms with E-state index in [4.69, 9.17) is 5.73 Å². The molecule has 2 heteroatoms. The molecule has 0 aliphatic heterocycles. The Kier molecular flexibility index (Phi) is 2.52. The summed E-state index contributed by atoms with van der Waals surface area (Å²) in [4.78, 5) is 0. The van der Waals surface area contributed by atoms with E-state index in [9.17, 15) is 0 Å². The average Bonchev–Trinajstić information content (AvgIpc) is 2.63. The zero-order valence-electron chi connectivity index (χ0n) is 9.78. The number of nitrogens with one attached hydrogen (secondary N) is 1. The molecule has 3 N–H and O–H groups in total. The maximum absolute atomic E-state index is 5.56. The van der Waals surface area contributed by atoms with E-state index in [1.54, 1.807) is 19.3 Å². The van der Waals surface area contributed by atoms with Gasteiger partial charge in [0.05, 0.1) is 0 Å². The zero-order valence-corrected chi connectivity index (χ0v) is 9.78. The summed E-state index contributed by atoms with van der Waals surface area (Å²) in [6.45, 7) is 4.35. The largest absolute Gasteiger partial charge is 0.330 e. The monoisotopic (exact) mass is 208 g/mol. The van der Waals surface area contributed by atoms with Crippen LogP contribution in [0.2, 0.25) is 0 Å². The molecule has 2 bridgehead atoms. The standard InChI is InChI=1S/C13H24N2/c1-8(4-5-14)15-7-11-12-9-2-3-10(6-9)13(11)12/h8-13,15H,2-7,14H2,1H3. The second kappa shape index (κ2) is 3.74. The van der Waals surface area contributed by atoms with Gasteiger partial charge in [0.1, 0.15) is 0 Å². The van der Waals surface area contributed by atoms with E-state index in [-0.39, 0.29) is 0 Å². The van der Waals surface area contributed by atoms with Crippen molar-refractivity contribution in [3.8, 4) is 0 Å². The maximum Gasteiger partial charge on any atom is 0.00508 e. The van der Waals surface area contributed by atoms with Gasteiger partial charge in [-0.3, -0.25) is 0 Å². The Morgan fingerprint density at radius 3 is 2.53 bits per heavy atom. The van der Waals surface area contributed by atoms with Crippen LogP contribution in [0.1, 0.15) is 32.6 Å². The number of fused-ring (bicyclic) bond motifs is 5. The fourth-order valence-corrected chi connectivity index (χ4v) is 4.47. The summed E-state index contributed by atoms with van der Waals surface area (Å²) >= 11 is 0. The van der Waals surface area contributed by atoms with Gasteiger partial charge in [0.25, 0.3) is 0 Å². The van der Waals surface area contributed by atoms with Crippen LogP contribution >= 0.6 is 0 Å². The van der Waals surface area contributed by atoms with Crippen LogP contribution in [0, 0.1) is 29.6 Å². The van der Waals surface area contributed by atoms with Gasteiger partial charge in [-0.05, 0) is 75.3 Å². The molecule has 0 radical (unpaired) electrons. The van der Waals surface area contributed by atoms with E-state index >= 15 is 0 Å². The molecule has 0 saturated heterocycles. The Balaban J connectivity index is 1.44. The van der Waals surface area contributed by atoms with Crippen molar-refractivity contribution in [2.45, 2.75) is 38.6 Å². The lowest BCUT2D eigenvalue weighted by atomic mass is 10.0. The highest BCUT2D eigenvalue weighted by atomic mass is 14.9. The Morgan fingerprint density at radius 1 is 1.27 bits per heavy atom. The van der Waals surface area contributed by atoms with Crippen LogP contribution < -0.4 is 11.1 Å². The predicted octanol–water partition coefficient (Wildman–Crippen LogP) is 1.61. The third-order valence-electron chi connectivity index (χ3n) is 5.20. The third-order valence-corrected chi connectivity index (χ3v) is 5.20. The molecule has 5 atom stereocenters. The SMILES string of the molecule is CC(CCN)NCC1C2C3CCC(C3)C12. The van der Waals surface area contributed by atoms with Gasteiger partial charge in [0, 0.05) is 6.04 Å². The fraction of sp³-hybridized carbons (Fsp3) is 1.00. The second-order valence-electron chi connectivity index (χ2n) is 6.04. The number of nitrogens with two attached hydrogens (primary N) is 1. The molecular formula is C13H24N2. The van der Waals surface area contributed by atoms with Crippen molar-refractivity contribution in [2.24, 2.45) is 35.3 Å². The number of hydrogen-bond donors (Lipinski definition) is 2. The van der Waals surface area contributed by atoms with Crippen LogP contribution in [0.25, 0.3) is 0 Å². The Labute approximate surface area is 93.0 Å². The van der Waals surface area contributed by atoms with Crippen LogP contribution in [-0.4, -0.2) is 19.1 Å². The van der Waals surface area contributed by atoms with Crippen LogP contribution in [0.15, 0.2) is 0 Å². The highest BCUT2D eigenvalue weighted by Gasteiger charge is 2.64. The molecule has 3 rings (SSSR count). The first-order valence-electron chi connectivity index (χ1n) is 6.74. The first-order chi connectivity index (χ1) is 7.31. The van der Waals surface area contributed by atoms with Gasteiger partial charge in [0.15, 0.2) is 0 Å². The van der Waals surface area contributed by atoms with Gasteiger partial charge >= 0.3 is 0 Å². The highest BCUT2D eigenvalue weighted by Crippen LogP contribution is 2.69. The minimum absolute atomic E-state index is 0.619. The van der Waals surface area contributed by atoms with Crippen molar-refractivity contribution in [2.75, 3.05) is 13.1 Å². The summed E-state index contributed by atoms with van der Waals surface area (Å²) in [6.07, 6.45) is 5.78. The lowest BCUT2D eigenvalue weighted by Gasteiger charge is -2.14. The molecule has 0 aromatic heterocycles. The second-order valence-corrected chi connectivity index (χ2v) is 6.04. The molecule has 86 valence electrons. The van der Waals surface area contributed by atoms with E-state index < -0.39 is 0 Å². The molecule has 0 spiro atoms. The van der Waals surface area contributed by atoms with E-state index in [0.717, 1.165) is 42.6 Å². The first-order valence-corrected chi connectivity index (χ1v) is 6.74. The topological polar surface area (TPSA) is 38.0 Å². The van der Waals surface area contributed by atoms with Crippen LogP contribution in [0.5, 0.6) is 0 Å². The molecule has 3 aliphatic carbocycles. The highest BCUT2D eigenvalue weighted by molar-refractivity contribution is 5.13. The van der Waals surface area contributed by atoms with E-state index in [1.165, 1.54) is 6.54 Å². The Hall–Kier alpha value is -0.0800. The van der Waals surface area contributed by atoms with Gasteiger partial charge in [-0.25, -0.2) is 0 Å². The molecule has 0 heterocycles. The van der Waals surface area contributed by atoms with E-state index in [2.05, 4.69) is 12.2 Å². The molecule has 3 fully saturated rings. The third kappa shape index (κ3) is 1.62. The summed E-state index contributed by atoms with van der Waals surface area (Å²) in [5, 5.41) is 3.66. The number of rotatable bonds is 5. The van der Waals surface area contributed by atoms with Crippen molar-refractivity contribution < 1.29 is 0 Å².